The summed E-state index contributed by atoms with van der Waals surface area (Å²) in [7, 11) is 0. The molecule has 1 saturated heterocycles. The van der Waals surface area contributed by atoms with Crippen molar-refractivity contribution in [1.82, 2.24) is 24.8 Å². The minimum atomic E-state index is -0.401. The van der Waals surface area contributed by atoms with Gasteiger partial charge in [-0.25, -0.2) is 19.3 Å². The molecule has 0 aliphatic carbocycles. The topological polar surface area (TPSA) is 93.1 Å². The summed E-state index contributed by atoms with van der Waals surface area (Å²) in [6, 6.07) is 5.95. The van der Waals surface area contributed by atoms with Gasteiger partial charge in [-0.15, -0.1) is 0 Å². The van der Waals surface area contributed by atoms with Crippen LogP contribution < -0.4 is 10.1 Å². The van der Waals surface area contributed by atoms with Gasteiger partial charge in [-0.2, -0.15) is 0 Å². The number of carbonyl (C=O) groups excluding carboxylic acids is 1. The molecular formula is C20H17FN6O2. The van der Waals surface area contributed by atoms with Gasteiger partial charge in [0, 0.05) is 37.1 Å². The summed E-state index contributed by atoms with van der Waals surface area (Å²) in [4.78, 5) is 30.2. The molecule has 1 N–H and O–H groups in total. The molecule has 3 aromatic rings. The molecule has 3 heterocycles. The fourth-order valence-electron chi connectivity index (χ4n) is 2.80. The first kappa shape index (κ1) is 18.5. The maximum atomic E-state index is 13.2. The zero-order valence-electron chi connectivity index (χ0n) is 15.3. The molecule has 0 atom stereocenters. The Morgan fingerprint density at radius 3 is 2.76 bits per heavy atom. The number of ether oxygens (including phenoxy) is 1. The molecule has 0 spiro atoms. The van der Waals surface area contributed by atoms with Crippen molar-refractivity contribution >= 4 is 11.7 Å². The molecule has 4 rings (SSSR count). The van der Waals surface area contributed by atoms with E-state index in [-0.39, 0.29) is 18.0 Å². The van der Waals surface area contributed by atoms with E-state index in [0.717, 1.165) is 0 Å². The third-order valence-electron chi connectivity index (χ3n) is 4.28. The molecule has 9 heteroatoms. The van der Waals surface area contributed by atoms with Gasteiger partial charge >= 0.3 is 6.01 Å². The smallest absolute Gasteiger partial charge is 0.321 e. The Kier molecular flexibility index (Phi) is 5.10. The van der Waals surface area contributed by atoms with E-state index in [9.17, 15) is 9.18 Å². The summed E-state index contributed by atoms with van der Waals surface area (Å²) < 4.78 is 18.7. The Balaban J connectivity index is 1.40. The van der Waals surface area contributed by atoms with Gasteiger partial charge in [-0.05, 0) is 18.2 Å². The summed E-state index contributed by atoms with van der Waals surface area (Å²) in [5.41, 5.74) is 1.25. The first-order chi connectivity index (χ1) is 14.1. The van der Waals surface area contributed by atoms with Crippen molar-refractivity contribution in [3.8, 4) is 23.0 Å². The molecule has 1 aliphatic rings. The van der Waals surface area contributed by atoms with Crippen molar-refractivity contribution < 1.29 is 13.9 Å². The van der Waals surface area contributed by atoms with Crippen LogP contribution in [0.4, 0.5) is 10.2 Å². The second kappa shape index (κ2) is 8.01. The predicted molar refractivity (Wildman–Crippen MR) is 104 cm³/mol. The minimum Gasteiger partial charge on any atom is -0.424 e. The van der Waals surface area contributed by atoms with Crippen LogP contribution in [0.1, 0.15) is 0 Å². The predicted octanol–water partition coefficient (Wildman–Crippen LogP) is 2.67. The molecule has 8 nitrogen and oxygen atoms in total. The van der Waals surface area contributed by atoms with Crippen LogP contribution in [-0.2, 0) is 4.79 Å². The maximum absolute atomic E-state index is 13.2. The third-order valence-corrected chi connectivity index (χ3v) is 4.28. The number of hydrogen-bond donors (Lipinski definition) is 1. The normalized spacial score (nSPS) is 13.5. The highest BCUT2D eigenvalue weighted by atomic mass is 19.1. The standard InChI is InChI=1S/C20H17FN6O2/c1-2-19(28)27-11-15(12-27)25-18-10-22-9-17(26-18)13-7-23-20(24-8-13)29-16-5-3-4-14(21)6-16/h2-10,15H,1,11-12H2,(H,25,26). The molecular weight excluding hydrogens is 375 g/mol. The molecule has 0 radical (unpaired) electrons. The Hall–Kier alpha value is -3.88. The first-order valence-corrected chi connectivity index (χ1v) is 8.86. The average molecular weight is 392 g/mol. The van der Waals surface area contributed by atoms with E-state index in [2.05, 4.69) is 31.8 Å². The highest BCUT2D eigenvalue weighted by Gasteiger charge is 2.29. The Morgan fingerprint density at radius 1 is 1.24 bits per heavy atom. The number of amides is 1. The van der Waals surface area contributed by atoms with Gasteiger partial charge in [-0.1, -0.05) is 12.6 Å². The third kappa shape index (κ3) is 4.34. The number of benzene rings is 1. The van der Waals surface area contributed by atoms with Gasteiger partial charge in [0.2, 0.25) is 5.91 Å². The molecule has 146 valence electrons. The first-order valence-electron chi connectivity index (χ1n) is 8.86. The lowest BCUT2D eigenvalue weighted by Gasteiger charge is -2.39. The molecule has 1 aromatic carbocycles. The molecule has 0 saturated carbocycles. The van der Waals surface area contributed by atoms with Gasteiger partial charge in [0.05, 0.1) is 24.1 Å². The lowest BCUT2D eigenvalue weighted by atomic mass is 10.1. The summed E-state index contributed by atoms with van der Waals surface area (Å²) in [6.45, 7) is 4.66. The zero-order chi connectivity index (χ0) is 20.2. The Labute approximate surface area is 166 Å². The maximum Gasteiger partial charge on any atom is 0.321 e. The fourth-order valence-corrected chi connectivity index (χ4v) is 2.80. The SMILES string of the molecule is C=CC(=O)N1CC(Nc2cncc(-c3cnc(Oc4cccc(F)c4)nc3)n2)C1. The van der Waals surface area contributed by atoms with E-state index in [1.165, 1.54) is 18.2 Å². The second-order valence-electron chi connectivity index (χ2n) is 6.39. The van der Waals surface area contributed by atoms with E-state index >= 15 is 0 Å². The van der Waals surface area contributed by atoms with Crippen molar-refractivity contribution in [3.63, 3.8) is 0 Å². The number of aromatic nitrogens is 4. The minimum absolute atomic E-state index is 0.0828. The van der Waals surface area contributed by atoms with Crippen LogP contribution in [0.2, 0.25) is 0 Å². The number of hydrogen-bond acceptors (Lipinski definition) is 7. The zero-order valence-corrected chi connectivity index (χ0v) is 15.3. The fraction of sp³-hybridized carbons (Fsp3) is 0.150. The van der Waals surface area contributed by atoms with Crippen LogP contribution in [0.3, 0.4) is 0 Å². The number of carbonyl (C=O) groups is 1. The molecule has 0 unspecified atom stereocenters. The lowest BCUT2D eigenvalue weighted by Crippen LogP contribution is -2.56. The van der Waals surface area contributed by atoms with Crippen molar-refractivity contribution in [3.05, 3.63) is 67.5 Å². The van der Waals surface area contributed by atoms with E-state index in [0.29, 0.717) is 35.9 Å². The highest BCUT2D eigenvalue weighted by molar-refractivity contribution is 5.87. The lowest BCUT2D eigenvalue weighted by molar-refractivity contribution is -0.129. The number of nitrogens with one attached hydrogen (secondary N) is 1. The van der Waals surface area contributed by atoms with E-state index in [4.69, 9.17) is 4.74 Å². The highest BCUT2D eigenvalue weighted by Crippen LogP contribution is 2.22. The van der Waals surface area contributed by atoms with Crippen molar-refractivity contribution in [2.75, 3.05) is 18.4 Å². The van der Waals surface area contributed by atoms with Gasteiger partial charge in [0.25, 0.3) is 0 Å². The quantitative estimate of drug-likeness (QED) is 0.645. The summed E-state index contributed by atoms with van der Waals surface area (Å²) >= 11 is 0. The number of rotatable bonds is 6. The van der Waals surface area contributed by atoms with Gasteiger partial charge in [0.15, 0.2) is 0 Å². The summed E-state index contributed by atoms with van der Waals surface area (Å²) in [5, 5.41) is 3.24. The molecule has 2 aromatic heterocycles. The van der Waals surface area contributed by atoms with Crippen LogP contribution in [-0.4, -0.2) is 49.9 Å². The Bertz CT molecular complexity index is 1040. The van der Waals surface area contributed by atoms with Crippen LogP contribution in [0, 0.1) is 5.82 Å². The van der Waals surface area contributed by atoms with Gasteiger partial charge in [-0.3, -0.25) is 9.78 Å². The van der Waals surface area contributed by atoms with Crippen LogP contribution in [0.25, 0.3) is 11.3 Å². The van der Waals surface area contributed by atoms with Crippen molar-refractivity contribution in [2.24, 2.45) is 0 Å². The molecule has 0 bridgehead atoms. The molecule has 29 heavy (non-hydrogen) atoms. The van der Waals surface area contributed by atoms with E-state index < -0.39 is 5.82 Å². The average Bonchev–Trinajstić information content (AvgIpc) is 2.71. The summed E-state index contributed by atoms with van der Waals surface area (Å²) in [5.74, 6) is 0.425. The van der Waals surface area contributed by atoms with E-state index in [1.807, 2.05) is 0 Å². The van der Waals surface area contributed by atoms with Crippen molar-refractivity contribution in [1.29, 1.82) is 0 Å². The van der Waals surface area contributed by atoms with Gasteiger partial charge < -0.3 is 15.0 Å². The number of anilines is 1. The van der Waals surface area contributed by atoms with Gasteiger partial charge in [0.1, 0.15) is 17.4 Å². The van der Waals surface area contributed by atoms with Crippen LogP contribution in [0.15, 0.2) is 61.7 Å². The number of likely N-dealkylation sites (tertiary alicyclic amines) is 1. The number of halogens is 1. The Morgan fingerprint density at radius 2 is 2.03 bits per heavy atom. The largest absolute Gasteiger partial charge is 0.424 e. The molecule has 1 aliphatic heterocycles. The second-order valence-corrected chi connectivity index (χ2v) is 6.39. The van der Waals surface area contributed by atoms with E-state index in [1.54, 1.807) is 41.8 Å². The van der Waals surface area contributed by atoms with Crippen LogP contribution in [0.5, 0.6) is 11.8 Å². The molecule has 1 fully saturated rings. The molecule has 1 amide bonds. The van der Waals surface area contributed by atoms with Crippen LogP contribution >= 0.6 is 0 Å². The van der Waals surface area contributed by atoms with Crippen molar-refractivity contribution in [2.45, 2.75) is 6.04 Å². The summed E-state index contributed by atoms with van der Waals surface area (Å²) in [6.07, 6.45) is 7.64. The monoisotopic (exact) mass is 392 g/mol. The number of nitrogens with zero attached hydrogens (tertiary/aromatic N) is 5.